The molecular formula is C43H52BBr3N2O7. The second-order valence-electron chi connectivity index (χ2n) is 19.2. The molecule has 300 valence electrons. The summed E-state index contributed by atoms with van der Waals surface area (Å²) in [4.78, 5) is 30.5. The molecule has 4 saturated carbocycles. The molecule has 14 rings (SSSR count). The first kappa shape index (κ1) is 38.7. The van der Waals surface area contributed by atoms with Crippen LogP contribution in [0.2, 0.25) is 0 Å². The van der Waals surface area contributed by atoms with Crippen molar-refractivity contribution >= 4 is 62.4 Å². The van der Waals surface area contributed by atoms with Gasteiger partial charge in [-0.25, -0.2) is 9.59 Å². The largest absolute Gasteiger partial charge is 0.508 e. The molecule has 12 aliphatic rings. The number of likely N-dealkylation sites (tertiary alicyclic amines) is 2. The van der Waals surface area contributed by atoms with E-state index >= 15 is 0 Å². The molecule has 10 fully saturated rings. The molecule has 6 aliphatic carbocycles. The Hall–Kier alpha value is -1.48. The summed E-state index contributed by atoms with van der Waals surface area (Å²) in [6.45, 7) is 6.42. The predicted molar refractivity (Wildman–Crippen MR) is 223 cm³/mol. The van der Waals surface area contributed by atoms with Crippen LogP contribution in [0.4, 0.5) is 0 Å². The Kier molecular flexibility index (Phi) is 9.17. The molecule has 6 aliphatic heterocycles. The Balaban J connectivity index is 0.000000126. The minimum absolute atomic E-state index is 0.183. The lowest BCUT2D eigenvalue weighted by atomic mass is 9.45. The van der Waals surface area contributed by atoms with Crippen LogP contribution in [-0.2, 0) is 42.7 Å². The number of esters is 2. The highest BCUT2D eigenvalue weighted by Crippen LogP contribution is 2.67. The van der Waals surface area contributed by atoms with Crippen molar-refractivity contribution in [2.45, 2.75) is 142 Å². The lowest BCUT2D eigenvalue weighted by Crippen LogP contribution is -2.80. The molecule has 9 nitrogen and oxygen atoms in total. The number of piperidine rings is 2. The minimum atomic E-state index is -1.37. The average molecular weight is 959 g/mol. The zero-order valence-electron chi connectivity index (χ0n) is 32.1. The normalized spacial score (nSPS) is 41.0. The number of aromatic hydroxyl groups is 1. The number of rotatable bonds is 4. The Morgan fingerprint density at radius 2 is 1.14 bits per heavy atom. The van der Waals surface area contributed by atoms with Gasteiger partial charge in [0, 0.05) is 36.8 Å². The van der Waals surface area contributed by atoms with Gasteiger partial charge in [0.25, 0.3) is 0 Å². The summed E-state index contributed by atoms with van der Waals surface area (Å²) in [6, 6.07) is 12.9. The molecule has 13 heteroatoms. The number of hydrogen-bond donors (Lipinski definition) is 3. The first-order valence-corrected chi connectivity index (χ1v) is 23.6. The van der Waals surface area contributed by atoms with E-state index in [1.165, 1.54) is 47.9 Å². The second kappa shape index (κ2) is 13.3. The summed E-state index contributed by atoms with van der Waals surface area (Å²) in [7, 11) is 0. The summed E-state index contributed by atoms with van der Waals surface area (Å²) in [6.07, 6.45) is 12.6. The predicted octanol–water partition coefficient (Wildman–Crippen LogP) is 6.52. The zero-order valence-corrected chi connectivity index (χ0v) is 36.8. The van der Waals surface area contributed by atoms with E-state index in [0.29, 0.717) is 25.7 Å². The van der Waals surface area contributed by atoms with Crippen LogP contribution in [-0.4, -0.2) is 101 Å². The lowest BCUT2D eigenvalue weighted by Gasteiger charge is -2.69. The molecule has 3 N–H and O–H groups in total. The average Bonchev–Trinajstić information content (AvgIpc) is 4.09. The number of phenolic OH excluding ortho intramolecular Hbond substituents is 1. The van der Waals surface area contributed by atoms with E-state index in [-0.39, 0.29) is 37.8 Å². The third kappa shape index (κ3) is 5.69. The van der Waals surface area contributed by atoms with Crippen molar-refractivity contribution in [3.8, 4) is 5.75 Å². The number of phenols is 1. The van der Waals surface area contributed by atoms with E-state index in [4.69, 9.17) is 9.47 Å². The van der Waals surface area contributed by atoms with Gasteiger partial charge in [0.2, 0.25) is 0 Å². The van der Waals surface area contributed by atoms with Crippen LogP contribution < -0.4 is 0 Å². The summed E-state index contributed by atoms with van der Waals surface area (Å²) in [5.41, 5.74) is 2.12. The third-order valence-electron chi connectivity index (χ3n) is 16.1. The maximum atomic E-state index is 12.7. The van der Waals surface area contributed by atoms with Gasteiger partial charge in [0.15, 0.2) is 11.2 Å². The topological polar surface area (TPSA) is 120 Å². The lowest BCUT2D eigenvalue weighted by molar-refractivity contribution is -0.272. The molecule has 0 radical (unpaired) electrons. The number of halogens is 3. The second-order valence-corrected chi connectivity index (χ2v) is 25.6. The van der Waals surface area contributed by atoms with E-state index in [2.05, 4.69) is 82.2 Å². The number of nitrogens with zero attached hydrogens (tertiary/aromatic N) is 2. The van der Waals surface area contributed by atoms with Crippen LogP contribution in [0.3, 0.4) is 0 Å². The fourth-order valence-electron chi connectivity index (χ4n) is 13.3. The highest BCUT2D eigenvalue weighted by molar-refractivity contribution is 9.69. The summed E-state index contributed by atoms with van der Waals surface area (Å²) < 4.78 is 12.7. The number of benzene rings is 2. The van der Waals surface area contributed by atoms with Gasteiger partial charge < -0.3 is 24.8 Å². The van der Waals surface area contributed by atoms with Crippen LogP contribution in [0.5, 0.6) is 5.75 Å². The molecule has 2 aromatic carbocycles. The third-order valence-corrected chi connectivity index (χ3v) is 16.1. The van der Waals surface area contributed by atoms with Gasteiger partial charge in [0.05, 0.1) is 12.1 Å². The number of fused-ring (bicyclic) bond motifs is 6. The molecule has 8 atom stereocenters. The molecule has 56 heavy (non-hydrogen) atoms. The first-order valence-electron chi connectivity index (χ1n) is 20.9. The van der Waals surface area contributed by atoms with Gasteiger partial charge in [-0.15, -0.1) is 47.3 Å². The molecule has 0 aromatic heterocycles. The van der Waals surface area contributed by atoms with Crippen LogP contribution in [0.25, 0.3) is 0 Å². The maximum Gasteiger partial charge on any atom is 0.369 e. The smallest absolute Gasteiger partial charge is 0.369 e. The van der Waals surface area contributed by atoms with Crippen LogP contribution in [0.1, 0.15) is 105 Å². The summed E-state index contributed by atoms with van der Waals surface area (Å²) >= 11 is 9.31. The van der Waals surface area contributed by atoms with Crippen LogP contribution >= 0.6 is 47.3 Å². The Labute approximate surface area is 354 Å². The van der Waals surface area contributed by atoms with E-state index < -0.39 is 28.4 Å². The number of hydrogen-bond acceptors (Lipinski definition) is 9. The Bertz CT molecular complexity index is 1840. The van der Waals surface area contributed by atoms with Gasteiger partial charge in [-0.3, -0.25) is 9.80 Å². The van der Waals surface area contributed by atoms with Crippen molar-refractivity contribution in [3.05, 3.63) is 64.2 Å². The standard InChI is InChI=1S/C22H27NO3.C21H25NO4.BBr3/c1-14-2-5-16-11-18-22-7-6-21(25,19(24)26-22)13-20(22,17(16)10-14)8-9-23(18)12-15-3-4-15;23-15-4-3-14-9-17-21-6-5-20(25,18(24)26-21)12-19(21,16(14)10-15)7-8-22(17)11-13-1-2-13;2-1(3)4/h2,5,10,15,18,25H,3-4,6-9,11-13H2,1H3;3-4,10,13,17,23,25H,1-2,5-9,11-12H2;/t18-,20-,21+,22-;17-,19-,20+,21-;/m11./s1. The highest BCUT2D eigenvalue weighted by atomic mass is 79.9. The number of aryl methyl sites for hydroxylation is 1. The fourth-order valence-corrected chi connectivity index (χ4v) is 13.3. The van der Waals surface area contributed by atoms with Crippen molar-refractivity contribution in [2.75, 3.05) is 26.2 Å². The quantitative estimate of drug-likeness (QED) is 0.233. The van der Waals surface area contributed by atoms with Gasteiger partial charge >= 0.3 is 15.1 Å². The SMILES string of the molecule is BrB(Br)Br.Cc1ccc2c(c1)[C@]13CCN(CC4CC4)[C@H](C2)[C@]12CC[C@](O)(C3)C(=O)O2.O=C1O[C@@]23CC[C@]1(O)C[C@@]21CCN(CC2CC2)[C@@H]3Cc2ccc(O)cc21. The molecule has 6 heterocycles. The highest BCUT2D eigenvalue weighted by Gasteiger charge is 2.76. The molecule has 0 unspecified atom stereocenters. The van der Waals surface area contributed by atoms with Crippen molar-refractivity contribution in [1.29, 1.82) is 0 Å². The van der Waals surface area contributed by atoms with Gasteiger partial charge in [-0.2, -0.15) is 0 Å². The van der Waals surface area contributed by atoms with Gasteiger partial charge in [-0.1, -0.05) is 29.8 Å². The first-order chi connectivity index (χ1) is 26.6. The molecular weight excluding hydrogens is 907 g/mol. The summed E-state index contributed by atoms with van der Waals surface area (Å²) in [5, 5.41) is 32.2. The Morgan fingerprint density at radius 3 is 1.59 bits per heavy atom. The molecule has 6 saturated heterocycles. The monoisotopic (exact) mass is 956 g/mol. The Morgan fingerprint density at radius 1 is 0.696 bits per heavy atom. The van der Waals surface area contributed by atoms with Crippen LogP contribution in [0.15, 0.2) is 36.4 Å². The maximum absolute atomic E-state index is 12.7. The number of carbonyl (C=O) groups excluding carboxylic acids is 2. The zero-order chi connectivity index (χ0) is 39.0. The summed E-state index contributed by atoms with van der Waals surface area (Å²) in [5.74, 6) is 1.08. The van der Waals surface area contributed by atoms with E-state index in [1.807, 2.05) is 12.1 Å². The molecule has 8 bridgehead atoms. The fraction of sp³-hybridized carbons (Fsp3) is 0.674. The van der Waals surface area contributed by atoms with Gasteiger partial charge in [-0.05, 0) is 143 Å². The van der Waals surface area contributed by atoms with Crippen molar-refractivity contribution in [1.82, 2.24) is 9.80 Å². The minimum Gasteiger partial charge on any atom is -0.508 e. The number of carbonyl (C=O) groups is 2. The van der Waals surface area contributed by atoms with E-state index in [0.717, 1.165) is 82.1 Å². The van der Waals surface area contributed by atoms with Gasteiger partial charge in [0.1, 0.15) is 17.0 Å². The molecule has 2 spiro atoms. The van der Waals surface area contributed by atoms with Crippen LogP contribution in [0, 0.1) is 18.8 Å². The molecule has 2 aromatic rings. The van der Waals surface area contributed by atoms with E-state index in [1.54, 1.807) is 6.07 Å². The molecule has 0 amide bonds. The van der Waals surface area contributed by atoms with Crippen molar-refractivity contribution < 1.29 is 34.4 Å². The van der Waals surface area contributed by atoms with Crippen molar-refractivity contribution in [3.63, 3.8) is 0 Å². The number of aliphatic hydroxyl groups is 2. The van der Waals surface area contributed by atoms with E-state index in [9.17, 15) is 24.9 Å². The van der Waals surface area contributed by atoms with Crippen molar-refractivity contribution in [2.24, 2.45) is 11.8 Å². The number of ether oxygens (including phenoxy) is 2.